The second-order valence-electron chi connectivity index (χ2n) is 1.88. The molecule has 1 aliphatic rings. The largest absolute Gasteiger partial charge is 0.325 e. The minimum Gasteiger partial charge on any atom is -0.325 e. The maximum Gasteiger partial charge on any atom is 0.0580 e. The first kappa shape index (κ1) is 5.51. The molecule has 0 fully saturated rings. The van der Waals surface area contributed by atoms with Crippen molar-refractivity contribution in [1.82, 2.24) is 0 Å². The van der Waals surface area contributed by atoms with Crippen LogP contribution in [0.25, 0.3) is 0 Å². The van der Waals surface area contributed by atoms with Crippen LogP contribution in [0.5, 0.6) is 0 Å². The molecule has 0 bridgehead atoms. The summed E-state index contributed by atoms with van der Waals surface area (Å²) in [6, 6.07) is 0. The molecule has 2 nitrogen and oxygen atoms in total. The van der Waals surface area contributed by atoms with Gasteiger partial charge in [0.25, 0.3) is 0 Å². The second kappa shape index (κ2) is 2.09. The number of nitrogens with zero attached hydrogens (tertiary/aromatic N) is 1. The van der Waals surface area contributed by atoms with Crippen molar-refractivity contribution in [2.24, 2.45) is 10.7 Å². The van der Waals surface area contributed by atoms with Crippen LogP contribution in [-0.4, -0.2) is 18.8 Å². The molecule has 2 N–H and O–H groups in total. The van der Waals surface area contributed by atoms with Crippen molar-refractivity contribution in [3.63, 3.8) is 0 Å². The first-order valence-electron chi connectivity index (χ1n) is 2.75. The van der Waals surface area contributed by atoms with Crippen LogP contribution in [0.15, 0.2) is 16.6 Å². The first-order valence-corrected chi connectivity index (χ1v) is 2.75. The normalized spacial score (nSPS) is 18.2. The van der Waals surface area contributed by atoms with Crippen LogP contribution in [0.4, 0.5) is 0 Å². The Morgan fingerprint density at radius 3 is 2.88 bits per heavy atom. The highest BCUT2D eigenvalue weighted by Crippen LogP contribution is 2.02. The molecule has 0 atom stereocenters. The van der Waals surface area contributed by atoms with Gasteiger partial charge in [0.1, 0.15) is 0 Å². The summed E-state index contributed by atoms with van der Waals surface area (Å²) in [5.41, 5.74) is 7.66. The summed E-state index contributed by atoms with van der Waals surface area (Å²) < 4.78 is 0. The minimum atomic E-state index is 0.586. The smallest absolute Gasteiger partial charge is 0.0580 e. The number of hydrogen-bond acceptors (Lipinski definition) is 2. The number of aliphatic imine (C=N–C) groups is 1. The van der Waals surface area contributed by atoms with Crippen molar-refractivity contribution in [3.05, 3.63) is 11.6 Å². The van der Waals surface area contributed by atoms with E-state index in [2.05, 4.69) is 11.1 Å². The number of hydrogen-bond donors (Lipinski definition) is 1. The van der Waals surface area contributed by atoms with Crippen LogP contribution in [0.2, 0.25) is 0 Å². The Labute approximate surface area is 49.1 Å². The average Bonchev–Trinajstić information content (AvgIpc) is 2.14. The molecule has 0 amide bonds. The van der Waals surface area contributed by atoms with E-state index in [-0.39, 0.29) is 0 Å². The monoisotopic (exact) mass is 110 g/mol. The van der Waals surface area contributed by atoms with Crippen molar-refractivity contribution in [1.29, 1.82) is 0 Å². The van der Waals surface area contributed by atoms with Gasteiger partial charge in [-0.05, 0) is 12.5 Å². The molecule has 0 saturated carbocycles. The minimum absolute atomic E-state index is 0.586. The summed E-state index contributed by atoms with van der Waals surface area (Å²) in [5, 5.41) is 0. The molecule has 0 aromatic rings. The van der Waals surface area contributed by atoms with Crippen LogP contribution >= 0.6 is 0 Å². The molecule has 0 aliphatic carbocycles. The zero-order valence-corrected chi connectivity index (χ0v) is 5.02. The lowest BCUT2D eigenvalue weighted by Gasteiger charge is -1.92. The van der Waals surface area contributed by atoms with Crippen LogP contribution < -0.4 is 5.73 Å². The van der Waals surface area contributed by atoms with Gasteiger partial charge in [0.15, 0.2) is 0 Å². The Morgan fingerprint density at radius 1 is 1.88 bits per heavy atom. The van der Waals surface area contributed by atoms with E-state index in [1.807, 2.05) is 6.92 Å². The van der Waals surface area contributed by atoms with Gasteiger partial charge in [0.2, 0.25) is 0 Å². The predicted molar refractivity (Wildman–Crippen MR) is 35.1 cm³/mol. The summed E-state index contributed by atoms with van der Waals surface area (Å²) in [4.78, 5) is 4.13. The highest BCUT2D eigenvalue weighted by Gasteiger charge is 2.02. The Hall–Kier alpha value is -0.630. The van der Waals surface area contributed by atoms with Gasteiger partial charge in [0, 0.05) is 6.54 Å². The molecule has 0 spiro atoms. The SMILES string of the molecule is CC1=CCN=C1CN. The van der Waals surface area contributed by atoms with Gasteiger partial charge in [-0.15, -0.1) is 0 Å². The highest BCUT2D eigenvalue weighted by atomic mass is 14.8. The topological polar surface area (TPSA) is 38.4 Å². The Bertz CT molecular complexity index is 145. The van der Waals surface area contributed by atoms with Crippen LogP contribution in [0.1, 0.15) is 6.92 Å². The number of nitrogens with two attached hydrogens (primary N) is 1. The van der Waals surface area contributed by atoms with Crippen molar-refractivity contribution >= 4 is 5.71 Å². The van der Waals surface area contributed by atoms with Crippen LogP contribution in [0.3, 0.4) is 0 Å². The van der Waals surface area contributed by atoms with Gasteiger partial charge < -0.3 is 5.73 Å². The third-order valence-corrected chi connectivity index (χ3v) is 1.33. The van der Waals surface area contributed by atoms with Crippen molar-refractivity contribution in [2.45, 2.75) is 6.92 Å². The van der Waals surface area contributed by atoms with Gasteiger partial charge in [-0.25, -0.2) is 0 Å². The lowest BCUT2D eigenvalue weighted by molar-refractivity contribution is 1.24. The lowest BCUT2D eigenvalue weighted by Crippen LogP contribution is -2.12. The van der Waals surface area contributed by atoms with E-state index in [0.29, 0.717) is 6.54 Å². The van der Waals surface area contributed by atoms with Gasteiger partial charge in [0.05, 0.1) is 12.3 Å². The van der Waals surface area contributed by atoms with E-state index in [9.17, 15) is 0 Å². The highest BCUT2D eigenvalue weighted by molar-refractivity contribution is 6.02. The molecular formula is C6H10N2. The van der Waals surface area contributed by atoms with Gasteiger partial charge in [-0.2, -0.15) is 0 Å². The molecule has 2 heteroatoms. The zero-order valence-electron chi connectivity index (χ0n) is 5.02. The van der Waals surface area contributed by atoms with Crippen LogP contribution in [0, 0.1) is 0 Å². The molecule has 0 aromatic heterocycles. The van der Waals surface area contributed by atoms with Crippen molar-refractivity contribution in [3.8, 4) is 0 Å². The Morgan fingerprint density at radius 2 is 2.62 bits per heavy atom. The molecule has 1 heterocycles. The lowest BCUT2D eigenvalue weighted by atomic mass is 10.2. The predicted octanol–water partition coefficient (Wildman–Crippen LogP) is 0.346. The van der Waals surface area contributed by atoms with E-state index >= 15 is 0 Å². The van der Waals surface area contributed by atoms with E-state index in [1.165, 1.54) is 5.57 Å². The van der Waals surface area contributed by atoms with Gasteiger partial charge in [-0.1, -0.05) is 6.08 Å². The molecule has 44 valence electrons. The van der Waals surface area contributed by atoms with E-state index in [1.54, 1.807) is 0 Å². The number of rotatable bonds is 1. The molecule has 8 heavy (non-hydrogen) atoms. The van der Waals surface area contributed by atoms with E-state index in [4.69, 9.17) is 5.73 Å². The quantitative estimate of drug-likeness (QED) is 0.519. The maximum absolute atomic E-state index is 5.35. The summed E-state index contributed by atoms with van der Waals surface area (Å²) in [6.45, 7) is 3.46. The molecule has 0 aromatic carbocycles. The average molecular weight is 110 g/mol. The fraction of sp³-hybridized carbons (Fsp3) is 0.500. The fourth-order valence-electron chi connectivity index (χ4n) is 0.761. The third kappa shape index (κ3) is 0.793. The molecule has 1 rings (SSSR count). The fourth-order valence-corrected chi connectivity index (χ4v) is 0.761. The third-order valence-electron chi connectivity index (χ3n) is 1.33. The standard InChI is InChI=1S/C6H10N2/c1-5-2-3-8-6(5)4-7/h2H,3-4,7H2,1H3. The molecule has 0 radical (unpaired) electrons. The van der Waals surface area contributed by atoms with E-state index < -0.39 is 0 Å². The Balaban J connectivity index is 2.66. The zero-order chi connectivity index (χ0) is 5.98. The summed E-state index contributed by atoms with van der Waals surface area (Å²) in [6.07, 6.45) is 2.09. The molecule has 0 unspecified atom stereocenters. The second-order valence-corrected chi connectivity index (χ2v) is 1.88. The van der Waals surface area contributed by atoms with Crippen LogP contribution in [-0.2, 0) is 0 Å². The Kier molecular flexibility index (Phi) is 1.44. The van der Waals surface area contributed by atoms with Gasteiger partial charge >= 0.3 is 0 Å². The first-order chi connectivity index (χ1) is 3.84. The summed E-state index contributed by atoms with van der Waals surface area (Å²) in [5.74, 6) is 0. The molecule has 1 aliphatic heterocycles. The maximum atomic E-state index is 5.35. The molecular weight excluding hydrogens is 100 g/mol. The summed E-state index contributed by atoms with van der Waals surface area (Å²) >= 11 is 0. The van der Waals surface area contributed by atoms with Gasteiger partial charge in [-0.3, -0.25) is 4.99 Å². The van der Waals surface area contributed by atoms with E-state index in [0.717, 1.165) is 12.3 Å². The van der Waals surface area contributed by atoms with Crippen molar-refractivity contribution in [2.75, 3.05) is 13.1 Å². The van der Waals surface area contributed by atoms with Crippen molar-refractivity contribution < 1.29 is 0 Å². The molecule has 0 saturated heterocycles. The summed E-state index contributed by atoms with van der Waals surface area (Å²) in [7, 11) is 0.